The minimum atomic E-state index is -1.03. The summed E-state index contributed by atoms with van der Waals surface area (Å²) in [6, 6.07) is 35.3. The van der Waals surface area contributed by atoms with Crippen molar-refractivity contribution in [2.24, 2.45) is 0 Å². The number of hydrogen-bond acceptors (Lipinski definition) is 3. The number of cyclic esters (lactones) is 1. The first kappa shape index (κ1) is 25.0. The van der Waals surface area contributed by atoms with Gasteiger partial charge in [0.2, 0.25) is 0 Å². The van der Waals surface area contributed by atoms with Crippen molar-refractivity contribution in [3.63, 3.8) is 0 Å². The minimum absolute atomic E-state index is 0.279. The van der Waals surface area contributed by atoms with Crippen molar-refractivity contribution in [2.75, 3.05) is 11.4 Å². The number of benzene rings is 4. The highest BCUT2D eigenvalue weighted by molar-refractivity contribution is 5.98. The fraction of sp³-hybridized carbons (Fsp3) is 0.229. The largest absolute Gasteiger partial charge is 0.440 e. The summed E-state index contributed by atoms with van der Waals surface area (Å²) in [5, 5.41) is 1.12. The molecule has 39 heavy (non-hydrogen) atoms. The number of fused-ring (bicyclic) bond motifs is 2. The maximum atomic E-state index is 13.4. The van der Waals surface area contributed by atoms with Crippen molar-refractivity contribution in [3.8, 4) is 0 Å². The lowest BCUT2D eigenvalue weighted by Gasteiger charge is -2.32. The first-order valence-electron chi connectivity index (χ1n) is 13.9. The number of anilines is 2. The number of unbranched alkanes of at least 4 members (excludes halogenated alkanes) is 1. The number of para-hydroxylation sites is 2. The van der Waals surface area contributed by atoms with Crippen molar-refractivity contribution in [1.29, 1.82) is 0 Å². The third-order valence-electron chi connectivity index (χ3n) is 8.06. The first-order valence-corrected chi connectivity index (χ1v) is 13.9. The molecule has 196 valence electrons. The van der Waals surface area contributed by atoms with Crippen LogP contribution in [0.15, 0.2) is 103 Å². The van der Waals surface area contributed by atoms with Crippen molar-refractivity contribution in [1.82, 2.24) is 4.57 Å². The predicted octanol–water partition coefficient (Wildman–Crippen LogP) is 8.37. The molecule has 1 unspecified atom stereocenters. The van der Waals surface area contributed by atoms with E-state index >= 15 is 0 Å². The highest BCUT2D eigenvalue weighted by Crippen LogP contribution is 2.51. The van der Waals surface area contributed by atoms with Crippen LogP contribution in [-0.2, 0) is 16.9 Å². The second kappa shape index (κ2) is 10.1. The van der Waals surface area contributed by atoms with Gasteiger partial charge < -0.3 is 14.2 Å². The Kier molecular flexibility index (Phi) is 6.48. The fourth-order valence-electron chi connectivity index (χ4n) is 6.24. The maximum Gasteiger partial charge on any atom is 0.340 e. The topological polar surface area (TPSA) is 34.5 Å². The highest BCUT2D eigenvalue weighted by Gasteiger charge is 2.50. The van der Waals surface area contributed by atoms with Gasteiger partial charge in [-0.25, -0.2) is 4.79 Å². The summed E-state index contributed by atoms with van der Waals surface area (Å²) in [4.78, 5) is 15.7. The normalized spacial score (nSPS) is 16.3. The zero-order chi connectivity index (χ0) is 27.0. The highest BCUT2D eigenvalue weighted by atomic mass is 16.6. The Hall–Kier alpha value is -4.31. The van der Waals surface area contributed by atoms with Gasteiger partial charge in [-0.3, -0.25) is 0 Å². The number of hydrogen-bond donors (Lipinski definition) is 0. The van der Waals surface area contributed by atoms with Gasteiger partial charge in [0, 0.05) is 57.8 Å². The zero-order valence-corrected chi connectivity index (χ0v) is 22.9. The van der Waals surface area contributed by atoms with Crippen LogP contribution >= 0.6 is 0 Å². The molecule has 0 radical (unpaired) electrons. The smallest absolute Gasteiger partial charge is 0.340 e. The lowest BCUT2D eigenvalue weighted by Crippen LogP contribution is -2.30. The first-order chi connectivity index (χ1) is 19.1. The van der Waals surface area contributed by atoms with Crippen LogP contribution < -0.4 is 4.90 Å². The number of aromatic nitrogens is 1. The molecule has 0 fully saturated rings. The molecule has 1 aliphatic heterocycles. The van der Waals surface area contributed by atoms with Crippen molar-refractivity contribution in [3.05, 3.63) is 131 Å². The van der Waals surface area contributed by atoms with Crippen LogP contribution in [-0.4, -0.2) is 17.1 Å². The van der Waals surface area contributed by atoms with Gasteiger partial charge in [-0.15, -0.1) is 0 Å². The third kappa shape index (κ3) is 3.94. The second-order valence-electron chi connectivity index (χ2n) is 10.2. The van der Waals surface area contributed by atoms with Crippen LogP contribution in [0.2, 0.25) is 0 Å². The average Bonchev–Trinajstić information content (AvgIpc) is 3.44. The van der Waals surface area contributed by atoms with E-state index in [0.717, 1.165) is 65.1 Å². The molecule has 4 heteroatoms. The van der Waals surface area contributed by atoms with Gasteiger partial charge in [0.1, 0.15) is 0 Å². The summed E-state index contributed by atoms with van der Waals surface area (Å²) < 4.78 is 8.94. The number of rotatable bonds is 8. The van der Waals surface area contributed by atoms with Crippen molar-refractivity contribution < 1.29 is 9.53 Å². The molecule has 4 nitrogen and oxygen atoms in total. The molecule has 5 aromatic rings. The van der Waals surface area contributed by atoms with E-state index in [4.69, 9.17) is 4.74 Å². The van der Waals surface area contributed by atoms with Crippen molar-refractivity contribution >= 4 is 28.2 Å². The van der Waals surface area contributed by atoms with E-state index in [1.165, 1.54) is 5.52 Å². The number of nitrogens with zero attached hydrogens (tertiary/aromatic N) is 2. The van der Waals surface area contributed by atoms with Gasteiger partial charge in [0.15, 0.2) is 5.60 Å². The third-order valence-corrected chi connectivity index (χ3v) is 8.06. The van der Waals surface area contributed by atoms with Gasteiger partial charge in [0.25, 0.3) is 0 Å². The van der Waals surface area contributed by atoms with Gasteiger partial charge >= 0.3 is 5.97 Å². The molecule has 0 saturated carbocycles. The van der Waals surface area contributed by atoms with E-state index in [-0.39, 0.29) is 5.97 Å². The summed E-state index contributed by atoms with van der Waals surface area (Å²) in [6.45, 7) is 8.32. The van der Waals surface area contributed by atoms with Crippen LogP contribution in [0.3, 0.4) is 0 Å². The lowest BCUT2D eigenvalue weighted by atomic mass is 9.78. The van der Waals surface area contributed by atoms with E-state index in [2.05, 4.69) is 103 Å². The zero-order valence-electron chi connectivity index (χ0n) is 22.9. The standard InChI is InChI=1S/C35H34N2O2/c1-4-6-24-37-25(3)33(30-17-11-13-19-32(30)37)35(31-18-12-10-16-29(31)34(38)39-35)26-20-22-28(23-21-26)36(5-2)27-14-8-7-9-15-27/h7-23H,4-6,24H2,1-3H3. The molecule has 1 aromatic heterocycles. The summed E-state index contributed by atoms with van der Waals surface area (Å²) in [5.74, 6) is -0.279. The Balaban J connectivity index is 1.58. The quantitative estimate of drug-likeness (QED) is 0.195. The SMILES string of the molecule is CCCCn1c(C)c(C2(c3ccc(N(CC)c4ccccc4)cc3)OC(=O)c3ccccc32)c2ccccc21. The molecule has 0 N–H and O–H groups in total. The van der Waals surface area contributed by atoms with Crippen LogP contribution in [0.5, 0.6) is 0 Å². The number of carbonyl (C=O) groups excluding carboxylic acids is 1. The molecule has 1 atom stereocenters. The summed E-state index contributed by atoms with van der Waals surface area (Å²) >= 11 is 0. The molecule has 0 amide bonds. The summed E-state index contributed by atoms with van der Waals surface area (Å²) in [5.41, 5.74) is 7.07. The minimum Gasteiger partial charge on any atom is -0.440 e. The summed E-state index contributed by atoms with van der Waals surface area (Å²) in [7, 11) is 0. The van der Waals surface area contributed by atoms with Crippen LogP contribution in [0, 0.1) is 6.92 Å². The fourth-order valence-corrected chi connectivity index (χ4v) is 6.24. The molecule has 0 bridgehead atoms. The lowest BCUT2D eigenvalue weighted by molar-refractivity contribution is 0.0253. The predicted molar refractivity (Wildman–Crippen MR) is 159 cm³/mol. The van der Waals surface area contributed by atoms with E-state index in [9.17, 15) is 4.79 Å². The van der Waals surface area contributed by atoms with E-state index in [1.807, 2.05) is 30.3 Å². The van der Waals surface area contributed by atoms with E-state index in [0.29, 0.717) is 5.56 Å². The average molecular weight is 515 g/mol. The molecule has 0 spiro atoms. The monoisotopic (exact) mass is 514 g/mol. The van der Waals surface area contributed by atoms with Gasteiger partial charge in [-0.05, 0) is 56.7 Å². The molecule has 6 rings (SSSR count). The number of esters is 1. The number of carbonyl (C=O) groups is 1. The van der Waals surface area contributed by atoms with Crippen LogP contribution in [0.25, 0.3) is 10.9 Å². The van der Waals surface area contributed by atoms with Gasteiger partial charge in [-0.1, -0.05) is 80.1 Å². The number of ether oxygens (including phenoxy) is 1. The molecule has 0 saturated heterocycles. The summed E-state index contributed by atoms with van der Waals surface area (Å²) in [6.07, 6.45) is 2.20. The molecule has 1 aliphatic rings. The van der Waals surface area contributed by atoms with Crippen LogP contribution in [0.4, 0.5) is 11.4 Å². The molecule has 2 heterocycles. The Labute approximate surface area is 230 Å². The maximum absolute atomic E-state index is 13.4. The Morgan fingerprint density at radius 1 is 0.795 bits per heavy atom. The molecular weight excluding hydrogens is 480 g/mol. The van der Waals surface area contributed by atoms with Gasteiger partial charge in [0.05, 0.1) is 5.56 Å². The Morgan fingerprint density at radius 2 is 1.46 bits per heavy atom. The Bertz CT molecular complexity index is 1640. The van der Waals surface area contributed by atoms with E-state index in [1.54, 1.807) is 0 Å². The molecule has 4 aromatic carbocycles. The van der Waals surface area contributed by atoms with Crippen LogP contribution in [0.1, 0.15) is 59.4 Å². The van der Waals surface area contributed by atoms with Crippen molar-refractivity contribution in [2.45, 2.75) is 45.8 Å². The number of aryl methyl sites for hydroxylation is 1. The second-order valence-corrected chi connectivity index (χ2v) is 10.2. The van der Waals surface area contributed by atoms with Gasteiger partial charge in [-0.2, -0.15) is 0 Å². The van der Waals surface area contributed by atoms with E-state index < -0.39 is 5.60 Å². The Morgan fingerprint density at radius 3 is 2.21 bits per heavy atom. The molecule has 0 aliphatic carbocycles. The molecular formula is C35H34N2O2.